The van der Waals surface area contributed by atoms with Gasteiger partial charge in [-0.3, -0.25) is 5.32 Å². The Morgan fingerprint density at radius 1 is 1.11 bits per heavy atom. The first-order valence-electron chi connectivity index (χ1n) is 11.0. The minimum absolute atomic E-state index is 0.0304. The molecule has 0 aliphatic heterocycles. The molecule has 0 unspecified atom stereocenters. The second-order valence-corrected chi connectivity index (χ2v) is 16.7. The van der Waals surface area contributed by atoms with Crippen LogP contribution in [0, 0.1) is 0 Å². The smallest absolute Gasteiger partial charge is 0.412 e. The van der Waals surface area contributed by atoms with Gasteiger partial charge in [0.25, 0.3) is 10.0 Å². The third kappa shape index (κ3) is 7.27. The molecule has 2 aromatic carbocycles. The van der Waals surface area contributed by atoms with Gasteiger partial charge in [-0.05, 0) is 35.4 Å². The quantitative estimate of drug-likeness (QED) is 0.260. The molecule has 0 saturated carbocycles. The summed E-state index contributed by atoms with van der Waals surface area (Å²) in [6.45, 7) is 6.39. The minimum Gasteiger partial charge on any atom is -0.464 e. The first kappa shape index (κ1) is 26.2. The first-order valence-corrected chi connectivity index (χ1v) is 16.3. The van der Waals surface area contributed by atoms with E-state index < -0.39 is 30.2 Å². The third-order valence-corrected chi connectivity index (χ3v) is 8.75. The molecule has 1 amide bonds. The van der Waals surface area contributed by atoms with Crippen LogP contribution in [0.4, 0.5) is 4.79 Å². The van der Waals surface area contributed by atoms with Crippen LogP contribution in [0.5, 0.6) is 0 Å². The van der Waals surface area contributed by atoms with Gasteiger partial charge in [-0.25, -0.2) is 18.0 Å². The maximum atomic E-state index is 12.8. The van der Waals surface area contributed by atoms with E-state index in [-0.39, 0.29) is 18.1 Å². The number of methoxy groups -OCH3 is 1. The van der Waals surface area contributed by atoms with Crippen LogP contribution >= 0.6 is 0 Å². The van der Waals surface area contributed by atoms with Crippen molar-refractivity contribution in [3.8, 4) is 0 Å². The second-order valence-electron chi connectivity index (χ2n) is 9.17. The number of esters is 1. The van der Waals surface area contributed by atoms with Gasteiger partial charge in [0.15, 0.2) is 0 Å². The number of carbonyl (C=O) groups excluding carboxylic acids is 2. The average molecular weight is 516 g/mol. The Bertz CT molecular complexity index is 1340. The van der Waals surface area contributed by atoms with Gasteiger partial charge in [0, 0.05) is 13.5 Å². The van der Waals surface area contributed by atoms with Crippen LogP contribution in [0.1, 0.15) is 11.1 Å². The molecule has 3 aromatic rings. The van der Waals surface area contributed by atoms with E-state index in [1.54, 1.807) is 18.2 Å². The number of ether oxygens (including phenoxy) is 2. The van der Waals surface area contributed by atoms with Crippen molar-refractivity contribution in [2.24, 2.45) is 0 Å². The van der Waals surface area contributed by atoms with Gasteiger partial charge >= 0.3 is 12.1 Å². The maximum Gasteiger partial charge on any atom is 0.412 e. The number of hydrogen-bond donors (Lipinski definition) is 1. The van der Waals surface area contributed by atoms with E-state index in [0.717, 1.165) is 9.65 Å². The maximum absolute atomic E-state index is 12.8. The largest absolute Gasteiger partial charge is 0.464 e. The number of fused-ring (bicyclic) bond motifs is 1. The molecular weight excluding hydrogens is 486 g/mol. The number of nitrogens with zero attached hydrogens (tertiary/aromatic N) is 2. The van der Waals surface area contributed by atoms with E-state index in [4.69, 9.17) is 9.47 Å². The van der Waals surface area contributed by atoms with Crippen molar-refractivity contribution in [2.75, 3.05) is 12.9 Å². The van der Waals surface area contributed by atoms with Crippen LogP contribution in [0.2, 0.25) is 25.7 Å². The zero-order chi connectivity index (χ0) is 25.6. The van der Waals surface area contributed by atoms with Crippen LogP contribution in [0.25, 0.3) is 17.0 Å². The predicted molar refractivity (Wildman–Crippen MR) is 137 cm³/mol. The molecule has 0 radical (unpaired) electrons. The van der Waals surface area contributed by atoms with Crippen LogP contribution in [-0.2, 0) is 30.9 Å². The highest BCUT2D eigenvalue weighted by Gasteiger charge is 2.22. The summed E-state index contributed by atoms with van der Waals surface area (Å²) >= 11 is 0. The summed E-state index contributed by atoms with van der Waals surface area (Å²) in [4.78, 5) is 24.5. The Kier molecular flexibility index (Phi) is 8.13. The van der Waals surface area contributed by atoms with E-state index in [1.807, 2.05) is 30.3 Å². The topological polar surface area (TPSA) is 117 Å². The Morgan fingerprint density at radius 3 is 2.49 bits per heavy atom. The van der Waals surface area contributed by atoms with Gasteiger partial charge in [-0.1, -0.05) is 56.0 Å². The molecule has 0 bridgehead atoms. The normalized spacial score (nSPS) is 12.4. The first-order chi connectivity index (χ1) is 16.5. The molecular formula is C24H29N3O6SSi. The fourth-order valence-electron chi connectivity index (χ4n) is 3.15. The highest BCUT2D eigenvalue weighted by atomic mass is 32.2. The van der Waals surface area contributed by atoms with Crippen LogP contribution < -0.4 is 5.32 Å². The number of hydrogen-bond acceptors (Lipinski definition) is 7. The van der Waals surface area contributed by atoms with Gasteiger partial charge in [0.2, 0.25) is 0 Å². The van der Waals surface area contributed by atoms with Crippen molar-refractivity contribution in [2.45, 2.75) is 32.3 Å². The van der Waals surface area contributed by atoms with E-state index >= 15 is 0 Å². The van der Waals surface area contributed by atoms with Crippen molar-refractivity contribution in [3.05, 3.63) is 71.6 Å². The Labute approximate surface area is 205 Å². The average Bonchev–Trinajstić information content (AvgIpc) is 3.25. The summed E-state index contributed by atoms with van der Waals surface area (Å²) in [5.41, 5.74) is 1.65. The number of amides is 1. The SMILES string of the molecule is COC(=O)/C(=C/c1ccc2c(cnn2S(=O)(=O)CC[Si](C)(C)C)c1)NC(=O)OCc1ccccc1. The zero-order valence-electron chi connectivity index (χ0n) is 20.1. The van der Waals surface area contributed by atoms with Crippen LogP contribution in [-0.4, -0.2) is 50.6 Å². The summed E-state index contributed by atoms with van der Waals surface area (Å²) in [5.74, 6) is -0.728. The zero-order valence-corrected chi connectivity index (χ0v) is 22.0. The lowest BCUT2D eigenvalue weighted by molar-refractivity contribution is -0.136. The molecule has 1 N–H and O–H groups in total. The lowest BCUT2D eigenvalue weighted by Gasteiger charge is -2.15. The third-order valence-electron chi connectivity index (χ3n) is 5.10. The van der Waals surface area contributed by atoms with E-state index in [0.29, 0.717) is 22.5 Å². The number of rotatable bonds is 9. The van der Waals surface area contributed by atoms with Crippen molar-refractivity contribution in [3.63, 3.8) is 0 Å². The highest BCUT2D eigenvalue weighted by Crippen LogP contribution is 2.21. The summed E-state index contributed by atoms with van der Waals surface area (Å²) in [7, 11) is -3.94. The number of carbonyl (C=O) groups is 2. The number of nitrogens with one attached hydrogen (secondary N) is 1. The number of benzene rings is 2. The Morgan fingerprint density at radius 2 is 1.83 bits per heavy atom. The molecule has 35 heavy (non-hydrogen) atoms. The van der Waals surface area contributed by atoms with E-state index in [2.05, 4.69) is 30.1 Å². The molecule has 0 aliphatic carbocycles. The molecule has 11 heteroatoms. The van der Waals surface area contributed by atoms with Crippen LogP contribution in [0.15, 0.2) is 60.4 Å². The fraction of sp³-hybridized carbons (Fsp3) is 0.292. The molecule has 0 saturated heterocycles. The van der Waals surface area contributed by atoms with Gasteiger partial charge < -0.3 is 9.47 Å². The molecule has 0 spiro atoms. The molecule has 1 heterocycles. The summed E-state index contributed by atoms with van der Waals surface area (Å²) in [6.07, 6.45) is 2.07. The molecule has 0 aliphatic rings. The van der Waals surface area contributed by atoms with Crippen molar-refractivity contribution < 1.29 is 27.5 Å². The Balaban J connectivity index is 1.80. The molecule has 1 aromatic heterocycles. The summed E-state index contributed by atoms with van der Waals surface area (Å²) in [5, 5.41) is 7.07. The van der Waals surface area contributed by atoms with Crippen molar-refractivity contribution in [1.29, 1.82) is 0 Å². The minimum atomic E-state index is -3.60. The molecule has 0 atom stereocenters. The van der Waals surface area contributed by atoms with Crippen molar-refractivity contribution in [1.82, 2.24) is 14.5 Å². The van der Waals surface area contributed by atoms with Crippen LogP contribution in [0.3, 0.4) is 0 Å². The molecule has 186 valence electrons. The van der Waals surface area contributed by atoms with Gasteiger partial charge in [0.1, 0.15) is 12.3 Å². The standard InChI is InChI=1S/C24H29N3O6SSi/c1-32-23(28)21(26-24(29)33-17-18-8-6-5-7-9-18)15-19-10-11-22-20(14-19)16-25-27(22)34(30,31)12-13-35(2,3)4/h5-11,14-16H,12-13,17H2,1-4H3,(H,26,29)/b21-15-. The molecule has 9 nitrogen and oxygen atoms in total. The number of aromatic nitrogens is 2. The van der Waals surface area contributed by atoms with E-state index in [1.165, 1.54) is 19.4 Å². The van der Waals surface area contributed by atoms with Gasteiger partial charge in [-0.2, -0.15) is 9.19 Å². The summed E-state index contributed by atoms with van der Waals surface area (Å²) in [6, 6.07) is 14.7. The Hall–Kier alpha value is -3.44. The van der Waals surface area contributed by atoms with Crippen molar-refractivity contribution >= 4 is 47.1 Å². The summed E-state index contributed by atoms with van der Waals surface area (Å²) < 4.78 is 36.6. The monoisotopic (exact) mass is 515 g/mol. The highest BCUT2D eigenvalue weighted by molar-refractivity contribution is 7.90. The fourth-order valence-corrected chi connectivity index (χ4v) is 7.46. The number of alkyl carbamates (subject to hydrolysis) is 1. The lowest BCUT2D eigenvalue weighted by atomic mass is 10.1. The lowest BCUT2D eigenvalue weighted by Crippen LogP contribution is -2.28. The molecule has 3 rings (SSSR count). The van der Waals surface area contributed by atoms with Gasteiger partial charge in [0.05, 0.1) is 24.6 Å². The van der Waals surface area contributed by atoms with E-state index in [9.17, 15) is 18.0 Å². The second kappa shape index (κ2) is 10.9. The molecule has 0 fully saturated rings. The predicted octanol–water partition coefficient (Wildman–Crippen LogP) is 3.99. The van der Waals surface area contributed by atoms with Gasteiger partial charge in [-0.15, -0.1) is 0 Å².